The van der Waals surface area contributed by atoms with E-state index in [1.54, 1.807) is 0 Å². The number of carbonyl (C=O) groups is 1. The van der Waals surface area contributed by atoms with E-state index in [4.69, 9.17) is 10.5 Å². The highest BCUT2D eigenvalue weighted by Crippen LogP contribution is 2.22. The molecule has 0 aliphatic carbocycles. The van der Waals surface area contributed by atoms with Gasteiger partial charge in [-0.1, -0.05) is 19.8 Å². The zero-order valence-corrected chi connectivity index (χ0v) is 12.8. The molecule has 1 atom stereocenters. The summed E-state index contributed by atoms with van der Waals surface area (Å²) in [4.78, 5) is 11.9. The van der Waals surface area contributed by atoms with Gasteiger partial charge in [0.2, 0.25) is 5.91 Å². The average Bonchev–Trinajstić information content (AvgIpc) is 2.47. The van der Waals surface area contributed by atoms with Crippen LogP contribution in [0.4, 0.5) is 10.1 Å². The van der Waals surface area contributed by atoms with E-state index in [-0.39, 0.29) is 11.6 Å². The molecular weight excluding hydrogens is 271 g/mol. The number of amides is 1. The quantitative estimate of drug-likeness (QED) is 0.734. The van der Waals surface area contributed by atoms with Gasteiger partial charge in [0.25, 0.3) is 0 Å². The topological polar surface area (TPSA) is 64.4 Å². The lowest BCUT2D eigenvalue weighted by Gasteiger charge is -2.15. The Hall–Kier alpha value is -1.62. The first-order valence-corrected chi connectivity index (χ1v) is 7.44. The molecule has 0 spiro atoms. The molecule has 1 rings (SSSR count). The van der Waals surface area contributed by atoms with E-state index < -0.39 is 5.82 Å². The first-order chi connectivity index (χ1) is 10.1. The molecule has 1 aromatic carbocycles. The number of nitrogens with one attached hydrogen (secondary N) is 1. The summed E-state index contributed by atoms with van der Waals surface area (Å²) in [5.41, 5.74) is 5.74. The Labute approximate surface area is 125 Å². The third kappa shape index (κ3) is 6.12. The van der Waals surface area contributed by atoms with Gasteiger partial charge in [0, 0.05) is 12.5 Å². The molecule has 1 unspecified atom stereocenters. The third-order valence-electron chi connectivity index (χ3n) is 3.50. The first-order valence-electron chi connectivity index (χ1n) is 7.44. The maximum absolute atomic E-state index is 13.6. The molecule has 0 saturated carbocycles. The van der Waals surface area contributed by atoms with Gasteiger partial charge >= 0.3 is 0 Å². The number of ether oxygens (including phenoxy) is 1. The summed E-state index contributed by atoms with van der Waals surface area (Å²) in [6, 6.07) is 4.28. The van der Waals surface area contributed by atoms with Crippen molar-refractivity contribution in [2.45, 2.75) is 39.0 Å². The monoisotopic (exact) mass is 296 g/mol. The van der Waals surface area contributed by atoms with Crippen molar-refractivity contribution < 1.29 is 13.9 Å². The molecule has 0 radical (unpaired) electrons. The van der Waals surface area contributed by atoms with Crippen LogP contribution in [-0.4, -0.2) is 19.6 Å². The normalized spacial score (nSPS) is 12.0. The number of anilines is 1. The van der Waals surface area contributed by atoms with Gasteiger partial charge in [0.15, 0.2) is 0 Å². The van der Waals surface area contributed by atoms with E-state index >= 15 is 0 Å². The van der Waals surface area contributed by atoms with Crippen LogP contribution in [0.25, 0.3) is 0 Å². The average molecular weight is 296 g/mol. The molecule has 0 aliphatic rings. The van der Waals surface area contributed by atoms with E-state index in [0.29, 0.717) is 24.6 Å². The number of hydrogen-bond acceptors (Lipinski definition) is 3. The van der Waals surface area contributed by atoms with Crippen molar-refractivity contribution in [2.75, 3.05) is 19.0 Å². The van der Waals surface area contributed by atoms with Crippen LogP contribution >= 0.6 is 0 Å². The van der Waals surface area contributed by atoms with Gasteiger partial charge < -0.3 is 15.8 Å². The Balaban J connectivity index is 2.53. The molecule has 118 valence electrons. The van der Waals surface area contributed by atoms with Crippen molar-refractivity contribution in [1.29, 1.82) is 0 Å². The molecule has 0 heterocycles. The molecule has 0 bridgehead atoms. The summed E-state index contributed by atoms with van der Waals surface area (Å²) >= 11 is 0. The Morgan fingerprint density at radius 2 is 2.14 bits per heavy atom. The van der Waals surface area contributed by atoms with Crippen LogP contribution in [0.2, 0.25) is 0 Å². The molecule has 0 aromatic heterocycles. The van der Waals surface area contributed by atoms with Crippen molar-refractivity contribution in [2.24, 2.45) is 11.7 Å². The number of nitrogens with two attached hydrogens (primary N) is 1. The van der Waals surface area contributed by atoms with Crippen molar-refractivity contribution >= 4 is 11.6 Å². The van der Waals surface area contributed by atoms with E-state index in [1.807, 2.05) is 0 Å². The largest absolute Gasteiger partial charge is 0.497 e. The second kappa shape index (κ2) is 9.34. The van der Waals surface area contributed by atoms with E-state index in [0.717, 1.165) is 25.7 Å². The van der Waals surface area contributed by atoms with Crippen LogP contribution in [0.1, 0.15) is 39.0 Å². The van der Waals surface area contributed by atoms with E-state index in [2.05, 4.69) is 12.2 Å². The lowest BCUT2D eigenvalue weighted by molar-refractivity contribution is -0.116. The van der Waals surface area contributed by atoms with Gasteiger partial charge in [0.1, 0.15) is 11.6 Å². The highest BCUT2D eigenvalue weighted by molar-refractivity contribution is 5.91. The minimum Gasteiger partial charge on any atom is -0.497 e. The molecule has 1 amide bonds. The van der Waals surface area contributed by atoms with Crippen LogP contribution in [0.3, 0.4) is 0 Å². The molecule has 1 aromatic rings. The number of hydrogen-bond donors (Lipinski definition) is 2. The standard InChI is InChI=1S/C16H25FN2O2/c1-3-4-12(9-10-18)5-8-16(20)19-15-11-13(21-2)6-7-14(15)17/h6-7,11-12H,3-5,8-10,18H2,1-2H3,(H,19,20). The number of benzene rings is 1. The number of methoxy groups -OCH3 is 1. The van der Waals surface area contributed by atoms with Crippen molar-refractivity contribution in [3.63, 3.8) is 0 Å². The Morgan fingerprint density at radius 1 is 1.38 bits per heavy atom. The SMILES string of the molecule is CCCC(CCN)CCC(=O)Nc1cc(OC)ccc1F. The fourth-order valence-electron chi connectivity index (χ4n) is 2.35. The first kappa shape index (κ1) is 17.4. The fourth-order valence-corrected chi connectivity index (χ4v) is 2.35. The molecular formula is C16H25FN2O2. The summed E-state index contributed by atoms with van der Waals surface area (Å²) in [6.07, 6.45) is 4.23. The zero-order chi connectivity index (χ0) is 15.7. The van der Waals surface area contributed by atoms with Gasteiger partial charge in [-0.25, -0.2) is 4.39 Å². The number of halogens is 1. The minimum absolute atomic E-state index is 0.158. The maximum atomic E-state index is 13.6. The van der Waals surface area contributed by atoms with Crippen LogP contribution < -0.4 is 15.8 Å². The maximum Gasteiger partial charge on any atom is 0.224 e. The van der Waals surface area contributed by atoms with Crippen molar-refractivity contribution in [1.82, 2.24) is 0 Å². The smallest absolute Gasteiger partial charge is 0.224 e. The second-order valence-corrected chi connectivity index (χ2v) is 5.16. The van der Waals surface area contributed by atoms with Crippen LogP contribution in [-0.2, 0) is 4.79 Å². The molecule has 0 saturated heterocycles. The Morgan fingerprint density at radius 3 is 2.76 bits per heavy atom. The fraction of sp³-hybridized carbons (Fsp3) is 0.562. The number of carbonyl (C=O) groups excluding carboxylic acids is 1. The molecule has 0 fully saturated rings. The van der Waals surface area contributed by atoms with E-state index in [9.17, 15) is 9.18 Å². The predicted molar refractivity (Wildman–Crippen MR) is 82.9 cm³/mol. The van der Waals surface area contributed by atoms with Gasteiger partial charge in [-0.05, 0) is 37.4 Å². The summed E-state index contributed by atoms with van der Waals surface area (Å²) < 4.78 is 18.6. The van der Waals surface area contributed by atoms with Crippen molar-refractivity contribution in [3.8, 4) is 5.75 Å². The summed E-state index contributed by atoms with van der Waals surface area (Å²) in [5.74, 6) is 0.330. The Bertz CT molecular complexity index is 446. The summed E-state index contributed by atoms with van der Waals surface area (Å²) in [5, 5.41) is 2.60. The second-order valence-electron chi connectivity index (χ2n) is 5.16. The lowest BCUT2D eigenvalue weighted by atomic mass is 9.94. The van der Waals surface area contributed by atoms with Crippen LogP contribution in [0.15, 0.2) is 18.2 Å². The van der Waals surface area contributed by atoms with Crippen LogP contribution in [0.5, 0.6) is 5.75 Å². The third-order valence-corrected chi connectivity index (χ3v) is 3.50. The van der Waals surface area contributed by atoms with E-state index in [1.165, 1.54) is 25.3 Å². The predicted octanol–water partition coefficient (Wildman–Crippen LogP) is 3.32. The van der Waals surface area contributed by atoms with Gasteiger partial charge in [-0.3, -0.25) is 4.79 Å². The lowest BCUT2D eigenvalue weighted by Crippen LogP contribution is -2.16. The summed E-state index contributed by atoms with van der Waals surface area (Å²) in [7, 11) is 1.50. The Kier molecular flexibility index (Phi) is 7.75. The molecule has 5 heteroatoms. The number of rotatable bonds is 9. The highest BCUT2D eigenvalue weighted by atomic mass is 19.1. The van der Waals surface area contributed by atoms with Gasteiger partial charge in [-0.15, -0.1) is 0 Å². The van der Waals surface area contributed by atoms with Crippen molar-refractivity contribution in [3.05, 3.63) is 24.0 Å². The van der Waals surface area contributed by atoms with Gasteiger partial charge in [-0.2, -0.15) is 0 Å². The summed E-state index contributed by atoms with van der Waals surface area (Å²) in [6.45, 7) is 2.76. The minimum atomic E-state index is -0.462. The molecule has 4 nitrogen and oxygen atoms in total. The molecule has 0 aliphatic heterocycles. The van der Waals surface area contributed by atoms with Crippen LogP contribution in [0, 0.1) is 11.7 Å². The zero-order valence-electron chi connectivity index (χ0n) is 12.8. The molecule has 21 heavy (non-hydrogen) atoms. The highest BCUT2D eigenvalue weighted by Gasteiger charge is 2.12. The van der Waals surface area contributed by atoms with Gasteiger partial charge in [0.05, 0.1) is 12.8 Å². The molecule has 3 N–H and O–H groups in total.